The van der Waals surface area contributed by atoms with E-state index in [0.717, 1.165) is 27.4 Å². The van der Waals surface area contributed by atoms with Crippen LogP contribution in [0, 0.1) is 0 Å². The molecule has 0 radical (unpaired) electrons. The van der Waals surface area contributed by atoms with Crippen LogP contribution >= 0.6 is 11.6 Å². The summed E-state index contributed by atoms with van der Waals surface area (Å²) in [6, 6.07) is 11.8. The SMILES string of the molecule is CCOC(=O)[C@H](C)c1ccc2c(c1)[nH]c1ccc(Cl)cc12. The zero-order valence-electron chi connectivity index (χ0n) is 11.9. The highest BCUT2D eigenvalue weighted by molar-refractivity contribution is 6.31. The van der Waals surface area contributed by atoms with Gasteiger partial charge in [0, 0.05) is 26.8 Å². The summed E-state index contributed by atoms with van der Waals surface area (Å²) in [5.41, 5.74) is 2.98. The Bertz CT molecular complexity index is 822. The Morgan fingerprint density at radius 2 is 2.00 bits per heavy atom. The molecule has 3 rings (SSSR count). The number of aromatic nitrogens is 1. The summed E-state index contributed by atoms with van der Waals surface area (Å²) in [5, 5.41) is 2.91. The van der Waals surface area contributed by atoms with Crippen LogP contribution in [0.2, 0.25) is 5.02 Å². The lowest BCUT2D eigenvalue weighted by molar-refractivity contribution is -0.144. The van der Waals surface area contributed by atoms with Gasteiger partial charge in [-0.25, -0.2) is 0 Å². The molecular weight excluding hydrogens is 286 g/mol. The molecule has 0 aliphatic rings. The van der Waals surface area contributed by atoms with Crippen LogP contribution < -0.4 is 0 Å². The first-order valence-corrected chi connectivity index (χ1v) is 7.35. The first-order chi connectivity index (χ1) is 10.1. The summed E-state index contributed by atoms with van der Waals surface area (Å²) in [6.45, 7) is 4.07. The number of hydrogen-bond acceptors (Lipinski definition) is 2. The van der Waals surface area contributed by atoms with Gasteiger partial charge in [0.25, 0.3) is 0 Å². The normalized spacial score (nSPS) is 12.7. The van der Waals surface area contributed by atoms with Gasteiger partial charge in [-0.3, -0.25) is 4.79 Å². The number of carbonyl (C=O) groups is 1. The van der Waals surface area contributed by atoms with E-state index in [1.807, 2.05) is 50.2 Å². The molecule has 21 heavy (non-hydrogen) atoms. The van der Waals surface area contributed by atoms with Crippen LogP contribution in [-0.2, 0) is 9.53 Å². The second-order valence-electron chi connectivity index (χ2n) is 5.09. The third kappa shape index (κ3) is 2.49. The fourth-order valence-electron chi connectivity index (χ4n) is 2.57. The van der Waals surface area contributed by atoms with Crippen molar-refractivity contribution >= 4 is 39.4 Å². The molecule has 0 aliphatic carbocycles. The van der Waals surface area contributed by atoms with Crippen LogP contribution in [0.3, 0.4) is 0 Å². The van der Waals surface area contributed by atoms with E-state index in [1.165, 1.54) is 0 Å². The predicted molar refractivity (Wildman–Crippen MR) is 85.9 cm³/mol. The Hall–Kier alpha value is -2.00. The van der Waals surface area contributed by atoms with E-state index in [2.05, 4.69) is 4.98 Å². The van der Waals surface area contributed by atoms with Crippen molar-refractivity contribution in [3.8, 4) is 0 Å². The highest BCUT2D eigenvalue weighted by Gasteiger charge is 2.17. The molecule has 0 spiro atoms. The predicted octanol–water partition coefficient (Wildman–Crippen LogP) is 4.64. The summed E-state index contributed by atoms with van der Waals surface area (Å²) in [6.07, 6.45) is 0. The second kappa shape index (κ2) is 5.41. The van der Waals surface area contributed by atoms with Crippen LogP contribution in [0.5, 0.6) is 0 Å². The number of H-pyrrole nitrogens is 1. The molecule has 3 aromatic rings. The van der Waals surface area contributed by atoms with Crippen LogP contribution in [0.4, 0.5) is 0 Å². The maximum atomic E-state index is 11.8. The molecule has 1 heterocycles. The van der Waals surface area contributed by atoms with E-state index in [4.69, 9.17) is 16.3 Å². The molecule has 3 nitrogen and oxygen atoms in total. The molecule has 1 aromatic heterocycles. The number of carbonyl (C=O) groups excluding carboxylic acids is 1. The lowest BCUT2D eigenvalue weighted by Crippen LogP contribution is -2.12. The van der Waals surface area contributed by atoms with Gasteiger partial charge in [-0.2, -0.15) is 0 Å². The Balaban J connectivity index is 2.08. The quantitative estimate of drug-likeness (QED) is 0.716. The van der Waals surface area contributed by atoms with Gasteiger partial charge in [-0.1, -0.05) is 23.7 Å². The number of rotatable bonds is 3. The monoisotopic (exact) mass is 301 g/mol. The highest BCUT2D eigenvalue weighted by atomic mass is 35.5. The van der Waals surface area contributed by atoms with Crippen molar-refractivity contribution in [2.45, 2.75) is 19.8 Å². The van der Waals surface area contributed by atoms with Gasteiger partial charge in [-0.05, 0) is 43.7 Å². The summed E-state index contributed by atoms with van der Waals surface area (Å²) < 4.78 is 5.08. The van der Waals surface area contributed by atoms with Crippen molar-refractivity contribution in [3.05, 3.63) is 47.0 Å². The molecule has 0 saturated carbocycles. The third-order valence-corrected chi connectivity index (χ3v) is 3.96. The number of hydrogen-bond donors (Lipinski definition) is 1. The Labute approximate surface area is 127 Å². The van der Waals surface area contributed by atoms with Gasteiger partial charge in [-0.15, -0.1) is 0 Å². The molecule has 0 unspecified atom stereocenters. The van der Waals surface area contributed by atoms with Crippen molar-refractivity contribution in [2.75, 3.05) is 6.61 Å². The van der Waals surface area contributed by atoms with E-state index in [0.29, 0.717) is 11.6 Å². The van der Waals surface area contributed by atoms with Gasteiger partial charge >= 0.3 is 5.97 Å². The summed E-state index contributed by atoms with van der Waals surface area (Å²) in [4.78, 5) is 15.2. The van der Waals surface area contributed by atoms with Crippen LogP contribution in [0.25, 0.3) is 21.8 Å². The van der Waals surface area contributed by atoms with Crippen LogP contribution in [0.1, 0.15) is 25.3 Å². The molecule has 1 N–H and O–H groups in total. The van der Waals surface area contributed by atoms with E-state index in [9.17, 15) is 4.79 Å². The van der Waals surface area contributed by atoms with Gasteiger partial charge in [0.15, 0.2) is 0 Å². The van der Waals surface area contributed by atoms with Gasteiger partial charge < -0.3 is 9.72 Å². The van der Waals surface area contributed by atoms with E-state index in [-0.39, 0.29) is 11.9 Å². The molecule has 0 bridgehead atoms. The second-order valence-corrected chi connectivity index (χ2v) is 5.53. The summed E-state index contributed by atoms with van der Waals surface area (Å²) >= 11 is 6.06. The summed E-state index contributed by atoms with van der Waals surface area (Å²) in [7, 11) is 0. The van der Waals surface area contributed by atoms with Crippen molar-refractivity contribution in [1.82, 2.24) is 4.98 Å². The van der Waals surface area contributed by atoms with Crippen LogP contribution in [-0.4, -0.2) is 17.6 Å². The average Bonchev–Trinajstić information content (AvgIpc) is 2.83. The molecule has 0 saturated heterocycles. The summed E-state index contributed by atoms with van der Waals surface area (Å²) in [5.74, 6) is -0.472. The smallest absolute Gasteiger partial charge is 0.313 e. The van der Waals surface area contributed by atoms with Crippen molar-refractivity contribution in [2.24, 2.45) is 0 Å². The fourth-order valence-corrected chi connectivity index (χ4v) is 2.74. The molecule has 2 aromatic carbocycles. The number of fused-ring (bicyclic) bond motifs is 3. The Morgan fingerprint density at radius 3 is 2.76 bits per heavy atom. The maximum Gasteiger partial charge on any atom is 0.313 e. The average molecular weight is 302 g/mol. The van der Waals surface area contributed by atoms with E-state index >= 15 is 0 Å². The first-order valence-electron chi connectivity index (χ1n) is 6.97. The van der Waals surface area contributed by atoms with Gasteiger partial charge in [0.05, 0.1) is 12.5 Å². The number of benzene rings is 2. The number of esters is 1. The molecule has 0 aliphatic heterocycles. The molecule has 1 atom stereocenters. The van der Waals surface area contributed by atoms with Gasteiger partial charge in [0.2, 0.25) is 0 Å². The van der Waals surface area contributed by atoms with Crippen LogP contribution in [0.15, 0.2) is 36.4 Å². The van der Waals surface area contributed by atoms with E-state index < -0.39 is 0 Å². The number of nitrogens with one attached hydrogen (secondary N) is 1. The Morgan fingerprint density at radius 1 is 1.19 bits per heavy atom. The van der Waals surface area contributed by atoms with Gasteiger partial charge in [0.1, 0.15) is 0 Å². The van der Waals surface area contributed by atoms with Crippen molar-refractivity contribution in [3.63, 3.8) is 0 Å². The van der Waals surface area contributed by atoms with Crippen molar-refractivity contribution in [1.29, 1.82) is 0 Å². The largest absolute Gasteiger partial charge is 0.466 e. The highest BCUT2D eigenvalue weighted by Crippen LogP contribution is 2.30. The molecular formula is C17H16ClNO2. The van der Waals surface area contributed by atoms with Crippen molar-refractivity contribution < 1.29 is 9.53 Å². The zero-order valence-corrected chi connectivity index (χ0v) is 12.7. The minimum absolute atomic E-state index is 0.198. The molecule has 0 amide bonds. The number of ether oxygens (including phenoxy) is 1. The zero-order chi connectivity index (χ0) is 15.0. The maximum absolute atomic E-state index is 11.8. The first kappa shape index (κ1) is 14.0. The number of halogens is 1. The third-order valence-electron chi connectivity index (χ3n) is 3.72. The lowest BCUT2D eigenvalue weighted by atomic mass is 10.00. The molecule has 4 heteroatoms. The fraction of sp³-hybridized carbons (Fsp3) is 0.235. The Kier molecular flexibility index (Phi) is 3.60. The minimum atomic E-state index is -0.274. The molecule has 0 fully saturated rings. The molecule has 108 valence electrons. The van der Waals surface area contributed by atoms with E-state index in [1.54, 1.807) is 0 Å². The standard InChI is InChI=1S/C17H16ClNO2/c1-3-21-17(20)10(2)11-4-6-13-14-9-12(18)5-7-15(14)19-16(13)8-11/h4-10,19H,3H2,1-2H3/t10-/m1/s1. The topological polar surface area (TPSA) is 42.1 Å². The minimum Gasteiger partial charge on any atom is -0.466 e. The number of aromatic amines is 1. The lowest BCUT2D eigenvalue weighted by Gasteiger charge is -2.10.